The molecule has 0 spiro atoms. The highest BCUT2D eigenvalue weighted by atomic mass is 35.5. The predicted molar refractivity (Wildman–Crippen MR) is 69.7 cm³/mol. The molecular weight excluding hydrogens is 270 g/mol. The topological polar surface area (TPSA) is 73.3 Å². The number of benzene rings is 1. The molecule has 2 rings (SSSR count). The molecular formula is C13H10ClNO4. The van der Waals surface area contributed by atoms with Gasteiger partial charge in [0.25, 0.3) is 0 Å². The first-order chi connectivity index (χ1) is 8.90. The molecule has 0 fully saturated rings. The van der Waals surface area contributed by atoms with E-state index in [1.807, 2.05) is 13.8 Å². The van der Waals surface area contributed by atoms with Crippen LogP contribution in [0.5, 0.6) is 0 Å². The average molecular weight is 280 g/mol. The summed E-state index contributed by atoms with van der Waals surface area (Å²) in [6.45, 7) is 3.74. The van der Waals surface area contributed by atoms with E-state index in [-0.39, 0.29) is 11.3 Å². The Morgan fingerprint density at radius 1 is 1.26 bits per heavy atom. The lowest BCUT2D eigenvalue weighted by atomic mass is 10.0. The molecule has 0 N–H and O–H groups in total. The first kappa shape index (κ1) is 13.3. The monoisotopic (exact) mass is 279 g/mol. The van der Waals surface area contributed by atoms with Crippen molar-refractivity contribution in [1.29, 1.82) is 0 Å². The second-order valence-electron chi connectivity index (χ2n) is 4.14. The standard InChI is InChI=1S/C13H10ClNO4/c1-7-5-9(10(14)6-8(7)2)13(16)11-3-4-12(19-11)15(17)18/h3-6H,1-2H3. The first-order valence-electron chi connectivity index (χ1n) is 5.46. The average Bonchev–Trinajstić information content (AvgIpc) is 2.82. The van der Waals surface area contributed by atoms with E-state index in [4.69, 9.17) is 16.0 Å². The van der Waals surface area contributed by atoms with E-state index in [0.717, 1.165) is 17.2 Å². The summed E-state index contributed by atoms with van der Waals surface area (Å²) in [5, 5.41) is 10.8. The van der Waals surface area contributed by atoms with Crippen LogP contribution in [0.2, 0.25) is 5.02 Å². The number of rotatable bonds is 3. The molecule has 6 heteroatoms. The van der Waals surface area contributed by atoms with Crippen LogP contribution in [-0.2, 0) is 0 Å². The summed E-state index contributed by atoms with van der Waals surface area (Å²) in [6, 6.07) is 5.74. The van der Waals surface area contributed by atoms with Gasteiger partial charge in [-0.3, -0.25) is 14.9 Å². The third-order valence-electron chi connectivity index (χ3n) is 2.82. The molecule has 0 aliphatic carbocycles. The van der Waals surface area contributed by atoms with Gasteiger partial charge in [-0.2, -0.15) is 0 Å². The quantitative estimate of drug-likeness (QED) is 0.488. The fourth-order valence-electron chi connectivity index (χ4n) is 1.64. The Bertz CT molecular complexity index is 675. The lowest BCUT2D eigenvalue weighted by Crippen LogP contribution is -2.02. The minimum Gasteiger partial charge on any atom is -0.397 e. The summed E-state index contributed by atoms with van der Waals surface area (Å²) in [4.78, 5) is 22.0. The number of hydrogen-bond acceptors (Lipinski definition) is 4. The van der Waals surface area contributed by atoms with Gasteiger partial charge in [0.1, 0.15) is 4.92 Å². The number of halogens is 1. The minimum absolute atomic E-state index is 0.100. The van der Waals surface area contributed by atoms with Crippen LogP contribution in [0.15, 0.2) is 28.7 Å². The molecule has 0 amide bonds. The number of aryl methyl sites for hydroxylation is 2. The van der Waals surface area contributed by atoms with Gasteiger partial charge >= 0.3 is 5.88 Å². The SMILES string of the molecule is Cc1cc(Cl)c(C(=O)c2ccc([N+](=O)[O-])o2)cc1C. The molecule has 2 aromatic rings. The Kier molecular flexibility index (Phi) is 3.40. The van der Waals surface area contributed by atoms with Gasteiger partial charge in [0.2, 0.25) is 5.78 Å². The number of hydrogen-bond donors (Lipinski definition) is 0. The molecule has 98 valence electrons. The van der Waals surface area contributed by atoms with Crippen molar-refractivity contribution in [3.05, 3.63) is 61.9 Å². The van der Waals surface area contributed by atoms with Crippen molar-refractivity contribution in [2.75, 3.05) is 0 Å². The maximum absolute atomic E-state index is 12.2. The summed E-state index contributed by atoms with van der Waals surface area (Å²) in [5.74, 6) is -1.04. The Hall–Kier alpha value is -2.14. The van der Waals surface area contributed by atoms with Crippen LogP contribution in [0.25, 0.3) is 0 Å². The van der Waals surface area contributed by atoms with E-state index in [0.29, 0.717) is 5.02 Å². The molecule has 0 atom stereocenters. The van der Waals surface area contributed by atoms with Crippen LogP contribution in [0.3, 0.4) is 0 Å². The van der Waals surface area contributed by atoms with Crippen molar-refractivity contribution in [3.8, 4) is 0 Å². The molecule has 0 radical (unpaired) electrons. The molecule has 0 aliphatic rings. The number of carbonyl (C=O) groups excluding carboxylic acids is 1. The highest BCUT2D eigenvalue weighted by Gasteiger charge is 2.21. The van der Waals surface area contributed by atoms with Gasteiger partial charge in [0.15, 0.2) is 5.76 Å². The van der Waals surface area contributed by atoms with Gasteiger partial charge in [-0.15, -0.1) is 0 Å². The van der Waals surface area contributed by atoms with Crippen molar-refractivity contribution >= 4 is 23.3 Å². The van der Waals surface area contributed by atoms with Crippen molar-refractivity contribution in [2.24, 2.45) is 0 Å². The van der Waals surface area contributed by atoms with Crippen molar-refractivity contribution in [1.82, 2.24) is 0 Å². The van der Waals surface area contributed by atoms with Gasteiger partial charge in [0, 0.05) is 5.56 Å². The predicted octanol–water partition coefficient (Wildman–Crippen LogP) is 3.69. The lowest BCUT2D eigenvalue weighted by Gasteiger charge is -2.05. The van der Waals surface area contributed by atoms with Crippen LogP contribution < -0.4 is 0 Å². The van der Waals surface area contributed by atoms with Gasteiger partial charge in [-0.1, -0.05) is 11.6 Å². The van der Waals surface area contributed by atoms with Crippen LogP contribution in [0.4, 0.5) is 5.88 Å². The Labute approximate surface area is 113 Å². The molecule has 0 saturated carbocycles. The third-order valence-corrected chi connectivity index (χ3v) is 3.14. The summed E-state index contributed by atoms with van der Waals surface area (Å²) in [5.41, 5.74) is 2.15. The first-order valence-corrected chi connectivity index (χ1v) is 5.83. The Morgan fingerprint density at radius 2 is 1.89 bits per heavy atom. The molecule has 5 nitrogen and oxygen atoms in total. The second-order valence-corrected chi connectivity index (χ2v) is 4.55. The molecule has 0 unspecified atom stereocenters. The molecule has 1 aromatic heterocycles. The second kappa shape index (κ2) is 4.85. The Morgan fingerprint density at radius 3 is 2.47 bits per heavy atom. The fraction of sp³-hybridized carbons (Fsp3) is 0.154. The molecule has 1 heterocycles. The number of nitrogens with zero attached hydrogens (tertiary/aromatic N) is 1. The van der Waals surface area contributed by atoms with Gasteiger partial charge < -0.3 is 4.42 Å². The molecule has 19 heavy (non-hydrogen) atoms. The minimum atomic E-state index is -0.696. The van der Waals surface area contributed by atoms with Crippen LogP contribution in [0, 0.1) is 24.0 Å². The molecule has 0 saturated heterocycles. The molecule has 0 bridgehead atoms. The van der Waals surface area contributed by atoms with E-state index in [1.54, 1.807) is 12.1 Å². The van der Waals surface area contributed by atoms with Crippen LogP contribution in [0.1, 0.15) is 27.2 Å². The van der Waals surface area contributed by atoms with Gasteiger partial charge in [-0.05, 0) is 43.2 Å². The normalized spacial score (nSPS) is 10.5. The van der Waals surface area contributed by atoms with E-state index < -0.39 is 16.6 Å². The largest absolute Gasteiger partial charge is 0.433 e. The number of carbonyl (C=O) groups is 1. The van der Waals surface area contributed by atoms with Crippen molar-refractivity contribution in [3.63, 3.8) is 0 Å². The molecule has 0 aliphatic heterocycles. The Balaban J connectivity index is 2.43. The van der Waals surface area contributed by atoms with Crippen molar-refractivity contribution < 1.29 is 14.1 Å². The van der Waals surface area contributed by atoms with E-state index in [9.17, 15) is 14.9 Å². The number of nitro groups is 1. The van der Waals surface area contributed by atoms with E-state index in [2.05, 4.69) is 0 Å². The van der Waals surface area contributed by atoms with Crippen LogP contribution in [-0.4, -0.2) is 10.7 Å². The summed E-state index contributed by atoms with van der Waals surface area (Å²) in [6.07, 6.45) is 0. The zero-order valence-electron chi connectivity index (χ0n) is 10.3. The van der Waals surface area contributed by atoms with Gasteiger partial charge in [-0.25, -0.2) is 0 Å². The maximum atomic E-state index is 12.2. The summed E-state index contributed by atoms with van der Waals surface area (Å²) < 4.78 is 4.88. The highest BCUT2D eigenvalue weighted by molar-refractivity contribution is 6.34. The summed E-state index contributed by atoms with van der Waals surface area (Å²) in [7, 11) is 0. The van der Waals surface area contributed by atoms with E-state index in [1.165, 1.54) is 6.07 Å². The molecule has 1 aromatic carbocycles. The van der Waals surface area contributed by atoms with Crippen molar-refractivity contribution in [2.45, 2.75) is 13.8 Å². The van der Waals surface area contributed by atoms with Gasteiger partial charge in [0.05, 0.1) is 11.1 Å². The fourth-order valence-corrected chi connectivity index (χ4v) is 1.94. The van der Waals surface area contributed by atoms with Crippen LogP contribution >= 0.6 is 11.6 Å². The lowest BCUT2D eigenvalue weighted by molar-refractivity contribution is -0.402. The maximum Gasteiger partial charge on any atom is 0.433 e. The zero-order valence-corrected chi connectivity index (χ0v) is 11.0. The third kappa shape index (κ3) is 2.51. The van der Waals surface area contributed by atoms with E-state index >= 15 is 0 Å². The summed E-state index contributed by atoms with van der Waals surface area (Å²) >= 11 is 6.02. The number of furan rings is 1. The zero-order chi connectivity index (χ0) is 14.2. The highest BCUT2D eigenvalue weighted by Crippen LogP contribution is 2.25. The number of ketones is 1. The smallest absolute Gasteiger partial charge is 0.397 e.